The number of carbonyl (C=O) groups is 2. The minimum Gasteiger partial charge on any atom is -0.493 e. The normalized spacial score (nSPS) is 11.5. The Bertz CT molecular complexity index is 1050. The molecule has 1 heterocycles. The number of ether oxygens (including phenoxy) is 1. The maximum absolute atomic E-state index is 11.8. The largest absolute Gasteiger partial charge is 0.493 e. The molecule has 0 spiro atoms. The number of nitrogens with two attached hydrogens (primary N) is 2. The standard InChI is InChI=1S/C18H15N3O4/c1-24-14-7-3-4-10-9-13(17(20)23)18(25-15(10)14)21-12-6-2-5-11(8-12)16(19)22/h2-9H,1H3,(H2,19,22)(H2,20,23). The molecule has 7 nitrogen and oxygen atoms in total. The van der Waals surface area contributed by atoms with Crippen molar-refractivity contribution in [3.8, 4) is 5.75 Å². The highest BCUT2D eigenvalue weighted by Gasteiger charge is 2.12. The van der Waals surface area contributed by atoms with Gasteiger partial charge >= 0.3 is 0 Å². The Morgan fingerprint density at radius 3 is 2.48 bits per heavy atom. The van der Waals surface area contributed by atoms with Crippen LogP contribution in [0.3, 0.4) is 0 Å². The first-order valence-electron chi connectivity index (χ1n) is 7.35. The maximum Gasteiger partial charge on any atom is 0.254 e. The van der Waals surface area contributed by atoms with Crippen LogP contribution in [0.1, 0.15) is 20.7 Å². The van der Waals surface area contributed by atoms with E-state index in [-0.39, 0.29) is 11.1 Å². The first-order chi connectivity index (χ1) is 12.0. The van der Waals surface area contributed by atoms with E-state index in [1.807, 2.05) is 0 Å². The number of amides is 2. The fourth-order valence-electron chi connectivity index (χ4n) is 2.39. The monoisotopic (exact) mass is 337 g/mol. The summed E-state index contributed by atoms with van der Waals surface area (Å²) in [6.07, 6.45) is 0. The van der Waals surface area contributed by atoms with E-state index in [4.69, 9.17) is 20.6 Å². The van der Waals surface area contributed by atoms with Crippen LogP contribution in [0.25, 0.3) is 11.0 Å². The van der Waals surface area contributed by atoms with Crippen molar-refractivity contribution in [2.45, 2.75) is 0 Å². The van der Waals surface area contributed by atoms with E-state index in [2.05, 4.69) is 4.99 Å². The lowest BCUT2D eigenvalue weighted by molar-refractivity contribution is 0.0989. The van der Waals surface area contributed by atoms with Gasteiger partial charge in [0.25, 0.3) is 5.91 Å². The zero-order valence-electron chi connectivity index (χ0n) is 13.4. The number of carbonyl (C=O) groups excluding carboxylic acids is 2. The third-order valence-corrected chi connectivity index (χ3v) is 3.59. The van der Waals surface area contributed by atoms with Crippen molar-refractivity contribution in [3.05, 3.63) is 65.2 Å². The number of nitrogens with zero attached hydrogens (tertiary/aromatic N) is 1. The number of benzene rings is 2. The van der Waals surface area contributed by atoms with Gasteiger partial charge in [-0.3, -0.25) is 9.59 Å². The van der Waals surface area contributed by atoms with Gasteiger partial charge in [0.05, 0.1) is 12.8 Å². The summed E-state index contributed by atoms with van der Waals surface area (Å²) < 4.78 is 11.0. The Balaban J connectivity index is 2.29. The van der Waals surface area contributed by atoms with Crippen LogP contribution in [-0.4, -0.2) is 18.9 Å². The number of hydrogen-bond acceptors (Lipinski definition) is 5. The molecule has 126 valence electrons. The zero-order chi connectivity index (χ0) is 18.0. The number of primary amides is 2. The third-order valence-electron chi connectivity index (χ3n) is 3.59. The van der Waals surface area contributed by atoms with E-state index in [1.54, 1.807) is 42.5 Å². The molecule has 25 heavy (non-hydrogen) atoms. The summed E-state index contributed by atoms with van der Waals surface area (Å²) in [6.45, 7) is 0. The number of rotatable bonds is 4. The topological polar surface area (TPSA) is 121 Å². The molecule has 0 fully saturated rings. The number of fused-ring (bicyclic) bond motifs is 1. The molecule has 4 N–H and O–H groups in total. The molecule has 0 unspecified atom stereocenters. The van der Waals surface area contributed by atoms with Crippen LogP contribution in [0.2, 0.25) is 0 Å². The summed E-state index contributed by atoms with van der Waals surface area (Å²) in [6, 6.07) is 13.2. The van der Waals surface area contributed by atoms with E-state index in [9.17, 15) is 9.59 Å². The van der Waals surface area contributed by atoms with Gasteiger partial charge in [-0.1, -0.05) is 18.2 Å². The molecule has 7 heteroatoms. The average Bonchev–Trinajstić information content (AvgIpc) is 2.60. The SMILES string of the molecule is COc1cccc2cc(C(N)=O)c(=Nc3cccc(C(N)=O)c3)oc12. The number of methoxy groups -OCH3 is 1. The Labute approximate surface area is 142 Å². The van der Waals surface area contributed by atoms with Crippen LogP contribution >= 0.6 is 0 Å². The molecule has 2 aromatic carbocycles. The fraction of sp³-hybridized carbons (Fsp3) is 0.0556. The first kappa shape index (κ1) is 16.3. The van der Waals surface area contributed by atoms with E-state index in [0.717, 1.165) is 0 Å². The minimum absolute atomic E-state index is 0.0196. The Kier molecular flexibility index (Phi) is 4.21. The molecule has 1 aromatic heterocycles. The van der Waals surface area contributed by atoms with Gasteiger partial charge in [-0.15, -0.1) is 0 Å². The van der Waals surface area contributed by atoms with Crippen LogP contribution in [0.4, 0.5) is 5.69 Å². The second kappa shape index (κ2) is 6.48. The van der Waals surface area contributed by atoms with Crippen molar-refractivity contribution in [1.29, 1.82) is 0 Å². The average molecular weight is 337 g/mol. The molecular weight excluding hydrogens is 322 g/mol. The van der Waals surface area contributed by atoms with E-state index >= 15 is 0 Å². The summed E-state index contributed by atoms with van der Waals surface area (Å²) in [7, 11) is 1.51. The molecule has 3 aromatic rings. The highest BCUT2D eigenvalue weighted by Crippen LogP contribution is 2.24. The second-order valence-corrected chi connectivity index (χ2v) is 5.23. The lowest BCUT2D eigenvalue weighted by atomic mass is 10.1. The molecule has 0 radical (unpaired) electrons. The van der Waals surface area contributed by atoms with Crippen molar-refractivity contribution >= 4 is 28.5 Å². The van der Waals surface area contributed by atoms with Gasteiger partial charge in [0.2, 0.25) is 11.5 Å². The number of para-hydroxylation sites is 1. The fourth-order valence-corrected chi connectivity index (χ4v) is 2.39. The van der Waals surface area contributed by atoms with Gasteiger partial charge in [-0.25, -0.2) is 4.99 Å². The van der Waals surface area contributed by atoms with E-state index < -0.39 is 11.8 Å². The summed E-state index contributed by atoms with van der Waals surface area (Å²) in [5.41, 5.74) is 12.0. The predicted octanol–water partition coefficient (Wildman–Crippen LogP) is 1.87. The summed E-state index contributed by atoms with van der Waals surface area (Å²) in [4.78, 5) is 27.4. The molecule has 0 saturated carbocycles. The van der Waals surface area contributed by atoms with Gasteiger partial charge < -0.3 is 20.6 Å². The molecular formula is C18H15N3O4. The van der Waals surface area contributed by atoms with Crippen molar-refractivity contribution in [3.63, 3.8) is 0 Å². The number of hydrogen-bond donors (Lipinski definition) is 2. The van der Waals surface area contributed by atoms with Gasteiger partial charge in [-0.2, -0.15) is 0 Å². The first-order valence-corrected chi connectivity index (χ1v) is 7.35. The smallest absolute Gasteiger partial charge is 0.254 e. The van der Waals surface area contributed by atoms with Crippen LogP contribution < -0.4 is 21.8 Å². The van der Waals surface area contributed by atoms with Gasteiger partial charge in [0, 0.05) is 10.9 Å². The predicted molar refractivity (Wildman–Crippen MR) is 91.5 cm³/mol. The van der Waals surface area contributed by atoms with Crippen LogP contribution in [0.5, 0.6) is 5.75 Å². The van der Waals surface area contributed by atoms with E-state index in [1.165, 1.54) is 13.2 Å². The minimum atomic E-state index is -0.682. The Morgan fingerprint density at radius 2 is 1.80 bits per heavy atom. The molecule has 0 saturated heterocycles. The van der Waals surface area contributed by atoms with Gasteiger partial charge in [-0.05, 0) is 30.3 Å². The quantitative estimate of drug-likeness (QED) is 0.754. The summed E-state index contributed by atoms with van der Waals surface area (Å²) in [5, 5.41) is 0.651. The highest BCUT2D eigenvalue weighted by molar-refractivity contribution is 5.96. The van der Waals surface area contributed by atoms with E-state index in [0.29, 0.717) is 28.0 Å². The summed E-state index contributed by atoms with van der Waals surface area (Å²) in [5.74, 6) is -0.765. The molecule has 0 bridgehead atoms. The highest BCUT2D eigenvalue weighted by atomic mass is 16.5. The lowest BCUT2D eigenvalue weighted by Crippen LogP contribution is -2.21. The van der Waals surface area contributed by atoms with Crippen molar-refractivity contribution in [2.75, 3.05) is 7.11 Å². The maximum atomic E-state index is 11.8. The molecule has 3 rings (SSSR count). The molecule has 0 atom stereocenters. The third kappa shape index (κ3) is 3.20. The molecule has 0 aliphatic rings. The van der Waals surface area contributed by atoms with Crippen molar-refractivity contribution in [2.24, 2.45) is 16.5 Å². The Morgan fingerprint density at radius 1 is 1.04 bits per heavy atom. The van der Waals surface area contributed by atoms with Crippen LogP contribution in [0, 0.1) is 0 Å². The second-order valence-electron chi connectivity index (χ2n) is 5.23. The molecule has 0 aliphatic carbocycles. The van der Waals surface area contributed by atoms with Gasteiger partial charge in [0.15, 0.2) is 11.3 Å². The van der Waals surface area contributed by atoms with Crippen LogP contribution in [0.15, 0.2) is 57.9 Å². The lowest BCUT2D eigenvalue weighted by Gasteiger charge is -2.06. The summed E-state index contributed by atoms with van der Waals surface area (Å²) >= 11 is 0. The Hall–Kier alpha value is -3.61. The molecule has 0 aliphatic heterocycles. The van der Waals surface area contributed by atoms with Gasteiger partial charge in [0.1, 0.15) is 5.56 Å². The van der Waals surface area contributed by atoms with Crippen molar-refractivity contribution in [1.82, 2.24) is 0 Å². The molecule has 2 amide bonds. The van der Waals surface area contributed by atoms with Crippen LogP contribution in [-0.2, 0) is 0 Å². The van der Waals surface area contributed by atoms with Crippen molar-refractivity contribution < 1.29 is 18.7 Å². The zero-order valence-corrected chi connectivity index (χ0v) is 13.4.